The number of carbonyl (C=O) groups is 1. The molecule has 1 aromatic carbocycles. The first-order valence-corrected chi connectivity index (χ1v) is 9.37. The van der Waals surface area contributed by atoms with Gasteiger partial charge in [-0.05, 0) is 35.8 Å². The molecule has 2 aromatic rings. The fourth-order valence-electron chi connectivity index (χ4n) is 2.91. The largest absolute Gasteiger partial charge is 0.352 e. The van der Waals surface area contributed by atoms with E-state index in [1.807, 2.05) is 37.3 Å². The number of hydrogen-bond donors (Lipinski definition) is 1. The van der Waals surface area contributed by atoms with Crippen molar-refractivity contribution in [3.8, 4) is 0 Å². The zero-order valence-electron chi connectivity index (χ0n) is 13.9. The van der Waals surface area contributed by atoms with E-state index in [0.29, 0.717) is 17.7 Å². The van der Waals surface area contributed by atoms with E-state index in [0.717, 1.165) is 18.4 Å². The molecule has 0 saturated heterocycles. The minimum atomic E-state index is -0.215. The third kappa shape index (κ3) is 4.56. The number of thioether (sulfide) groups is 1. The Bertz CT molecular complexity index is 654. The van der Waals surface area contributed by atoms with Gasteiger partial charge >= 0.3 is 0 Å². The van der Waals surface area contributed by atoms with E-state index in [2.05, 4.69) is 20.8 Å². The van der Waals surface area contributed by atoms with Crippen LogP contribution in [0, 0.1) is 0 Å². The van der Waals surface area contributed by atoms with Crippen molar-refractivity contribution in [1.29, 1.82) is 0 Å². The van der Waals surface area contributed by atoms with Crippen LogP contribution in [-0.2, 0) is 11.3 Å². The van der Waals surface area contributed by atoms with Gasteiger partial charge in [0.1, 0.15) is 0 Å². The van der Waals surface area contributed by atoms with Gasteiger partial charge < -0.3 is 5.32 Å². The summed E-state index contributed by atoms with van der Waals surface area (Å²) < 4.78 is 1.74. The first kappa shape index (κ1) is 17.0. The molecule has 6 nitrogen and oxygen atoms in total. The van der Waals surface area contributed by atoms with Gasteiger partial charge in [-0.3, -0.25) is 4.79 Å². The molecular weight excluding hydrogens is 322 g/mol. The zero-order chi connectivity index (χ0) is 16.8. The summed E-state index contributed by atoms with van der Waals surface area (Å²) in [4.78, 5) is 12.4. The van der Waals surface area contributed by atoms with Crippen LogP contribution in [0.25, 0.3) is 0 Å². The molecule has 1 N–H and O–H groups in total. The second kappa shape index (κ2) is 8.28. The van der Waals surface area contributed by atoms with Crippen LogP contribution < -0.4 is 5.32 Å². The monoisotopic (exact) mass is 345 g/mol. The topological polar surface area (TPSA) is 72.7 Å². The molecule has 1 atom stereocenters. The molecule has 1 aliphatic rings. The number of hydrogen-bond acceptors (Lipinski definition) is 5. The summed E-state index contributed by atoms with van der Waals surface area (Å²) in [6, 6.07) is 10.4. The van der Waals surface area contributed by atoms with Crippen LogP contribution in [0.4, 0.5) is 0 Å². The standard InChI is InChI=1S/C17H23N5OS/c1-13(16(23)18-15-10-6-3-7-11-15)24-17-19-20-21-22(17)12-14-8-4-2-5-9-14/h2,4-5,8-9,13,15H,3,6-7,10-12H2,1H3,(H,18,23). The average Bonchev–Trinajstić information content (AvgIpc) is 3.03. The average molecular weight is 345 g/mol. The maximum Gasteiger partial charge on any atom is 0.233 e. The van der Waals surface area contributed by atoms with E-state index in [9.17, 15) is 4.79 Å². The highest BCUT2D eigenvalue weighted by Gasteiger charge is 2.22. The van der Waals surface area contributed by atoms with Gasteiger partial charge in [0.15, 0.2) is 0 Å². The Morgan fingerprint density at radius 1 is 1.29 bits per heavy atom. The first-order chi connectivity index (χ1) is 11.7. The van der Waals surface area contributed by atoms with Crippen molar-refractivity contribution in [2.24, 2.45) is 0 Å². The molecular formula is C17H23N5OS. The highest BCUT2D eigenvalue weighted by Crippen LogP contribution is 2.22. The predicted octanol–water partition coefficient (Wildman–Crippen LogP) is 2.65. The lowest BCUT2D eigenvalue weighted by Gasteiger charge is -2.24. The fourth-order valence-corrected chi connectivity index (χ4v) is 3.71. The van der Waals surface area contributed by atoms with Crippen LogP contribution in [0.2, 0.25) is 0 Å². The van der Waals surface area contributed by atoms with Crippen molar-refractivity contribution in [2.75, 3.05) is 0 Å². The van der Waals surface area contributed by atoms with Crippen LogP contribution >= 0.6 is 11.8 Å². The summed E-state index contributed by atoms with van der Waals surface area (Å²) in [6.07, 6.45) is 5.89. The van der Waals surface area contributed by atoms with Crippen LogP contribution in [0.3, 0.4) is 0 Å². The molecule has 3 rings (SSSR count). The Balaban J connectivity index is 1.57. The lowest BCUT2D eigenvalue weighted by Crippen LogP contribution is -2.40. The number of benzene rings is 1. The fraction of sp³-hybridized carbons (Fsp3) is 0.529. The molecule has 7 heteroatoms. The van der Waals surface area contributed by atoms with Gasteiger partial charge in [-0.1, -0.05) is 61.4 Å². The number of carbonyl (C=O) groups excluding carboxylic acids is 1. The molecule has 1 heterocycles. The summed E-state index contributed by atoms with van der Waals surface area (Å²) in [7, 11) is 0. The predicted molar refractivity (Wildman–Crippen MR) is 93.7 cm³/mol. The van der Waals surface area contributed by atoms with Crippen molar-refractivity contribution in [1.82, 2.24) is 25.5 Å². The summed E-state index contributed by atoms with van der Waals surface area (Å²) >= 11 is 1.41. The molecule has 1 saturated carbocycles. The van der Waals surface area contributed by atoms with Gasteiger partial charge in [0, 0.05) is 6.04 Å². The highest BCUT2D eigenvalue weighted by molar-refractivity contribution is 8.00. The highest BCUT2D eigenvalue weighted by atomic mass is 32.2. The molecule has 0 spiro atoms. The van der Waals surface area contributed by atoms with Gasteiger partial charge in [0.2, 0.25) is 11.1 Å². The lowest BCUT2D eigenvalue weighted by molar-refractivity contribution is -0.121. The number of amides is 1. The van der Waals surface area contributed by atoms with E-state index in [-0.39, 0.29) is 11.2 Å². The third-order valence-electron chi connectivity index (χ3n) is 4.28. The minimum Gasteiger partial charge on any atom is -0.352 e. The van der Waals surface area contributed by atoms with E-state index in [4.69, 9.17) is 0 Å². The molecule has 0 radical (unpaired) electrons. The van der Waals surface area contributed by atoms with Crippen molar-refractivity contribution in [2.45, 2.75) is 62.0 Å². The van der Waals surface area contributed by atoms with Crippen LogP contribution in [0.15, 0.2) is 35.5 Å². The van der Waals surface area contributed by atoms with E-state index in [1.165, 1.54) is 31.0 Å². The summed E-state index contributed by atoms with van der Waals surface area (Å²) in [5.74, 6) is 0.0705. The van der Waals surface area contributed by atoms with Crippen molar-refractivity contribution < 1.29 is 4.79 Å². The number of nitrogens with zero attached hydrogens (tertiary/aromatic N) is 4. The third-order valence-corrected chi connectivity index (χ3v) is 5.35. The molecule has 1 unspecified atom stereocenters. The van der Waals surface area contributed by atoms with Gasteiger partial charge in [-0.25, -0.2) is 4.68 Å². The van der Waals surface area contributed by atoms with Gasteiger partial charge in [-0.15, -0.1) is 5.10 Å². The second-order valence-electron chi connectivity index (χ2n) is 6.21. The van der Waals surface area contributed by atoms with E-state index < -0.39 is 0 Å². The Hall–Kier alpha value is -1.89. The molecule has 24 heavy (non-hydrogen) atoms. The Morgan fingerprint density at radius 2 is 2.04 bits per heavy atom. The Morgan fingerprint density at radius 3 is 2.79 bits per heavy atom. The van der Waals surface area contributed by atoms with Crippen molar-refractivity contribution in [3.05, 3.63) is 35.9 Å². The molecule has 1 aromatic heterocycles. The number of tetrazole rings is 1. The molecule has 1 aliphatic carbocycles. The summed E-state index contributed by atoms with van der Waals surface area (Å²) in [6.45, 7) is 2.51. The minimum absolute atomic E-state index is 0.0705. The van der Waals surface area contributed by atoms with E-state index in [1.54, 1.807) is 4.68 Å². The summed E-state index contributed by atoms with van der Waals surface area (Å²) in [5, 5.41) is 15.5. The van der Waals surface area contributed by atoms with Crippen LogP contribution in [0.5, 0.6) is 0 Å². The normalized spacial score (nSPS) is 16.7. The number of aromatic nitrogens is 4. The van der Waals surface area contributed by atoms with Crippen molar-refractivity contribution in [3.63, 3.8) is 0 Å². The Kier molecular flexibility index (Phi) is 5.85. The number of rotatable bonds is 6. The first-order valence-electron chi connectivity index (χ1n) is 8.49. The molecule has 0 aliphatic heterocycles. The number of nitrogens with one attached hydrogen (secondary N) is 1. The van der Waals surface area contributed by atoms with Gasteiger partial charge in [0.05, 0.1) is 11.8 Å². The quantitative estimate of drug-likeness (QED) is 0.815. The maximum atomic E-state index is 12.4. The van der Waals surface area contributed by atoms with Crippen LogP contribution in [0.1, 0.15) is 44.6 Å². The molecule has 128 valence electrons. The summed E-state index contributed by atoms with van der Waals surface area (Å²) in [5.41, 5.74) is 1.13. The van der Waals surface area contributed by atoms with Gasteiger partial charge in [-0.2, -0.15) is 0 Å². The lowest BCUT2D eigenvalue weighted by atomic mass is 9.95. The van der Waals surface area contributed by atoms with Crippen molar-refractivity contribution >= 4 is 17.7 Å². The maximum absolute atomic E-state index is 12.4. The Labute approximate surface area is 146 Å². The molecule has 1 amide bonds. The SMILES string of the molecule is CC(Sc1nnnn1Cc1ccccc1)C(=O)NC1CCCCC1. The zero-order valence-corrected chi connectivity index (χ0v) is 14.7. The molecule has 0 bridgehead atoms. The van der Waals surface area contributed by atoms with Crippen LogP contribution in [-0.4, -0.2) is 37.4 Å². The smallest absolute Gasteiger partial charge is 0.233 e. The van der Waals surface area contributed by atoms with Gasteiger partial charge in [0.25, 0.3) is 0 Å². The second-order valence-corrected chi connectivity index (χ2v) is 7.52. The van der Waals surface area contributed by atoms with E-state index >= 15 is 0 Å². The molecule has 1 fully saturated rings.